The Morgan fingerprint density at radius 2 is 2.10 bits per heavy atom. The second-order valence-electron chi connectivity index (χ2n) is 3.99. The summed E-state index contributed by atoms with van der Waals surface area (Å²) in [4.78, 5) is 12.1. The van der Waals surface area contributed by atoms with Gasteiger partial charge in [-0.2, -0.15) is 5.10 Å². The van der Waals surface area contributed by atoms with Crippen LogP contribution in [0.1, 0.15) is 15.9 Å². The average molecular weight is 275 g/mol. The highest BCUT2D eigenvalue weighted by Gasteiger charge is 2.17. The topological polar surface area (TPSA) is 126 Å². The lowest BCUT2D eigenvalue weighted by Gasteiger charge is -2.08. The molecule has 1 amide bonds. The number of aromatic nitrogens is 2. The fourth-order valence-electron chi connectivity index (χ4n) is 1.67. The molecule has 0 aliphatic rings. The number of anilines is 1. The molecule has 104 valence electrons. The predicted octanol–water partition coefficient (Wildman–Crippen LogP) is 0.472. The number of benzene rings is 1. The minimum absolute atomic E-state index is 0.110. The largest absolute Gasteiger partial charge is 0.507 e. The van der Waals surface area contributed by atoms with Gasteiger partial charge < -0.3 is 21.4 Å². The normalized spacial score (nSPS) is 11.3. The molecule has 0 radical (unpaired) electrons. The van der Waals surface area contributed by atoms with E-state index < -0.39 is 5.91 Å². The lowest BCUT2D eigenvalue weighted by atomic mass is 10.2. The van der Waals surface area contributed by atoms with Crippen LogP contribution >= 0.6 is 0 Å². The van der Waals surface area contributed by atoms with Crippen LogP contribution in [0, 0.1) is 0 Å². The van der Waals surface area contributed by atoms with Gasteiger partial charge in [0.05, 0.1) is 17.3 Å². The van der Waals surface area contributed by atoms with Gasteiger partial charge in [-0.15, -0.1) is 0 Å². The van der Waals surface area contributed by atoms with Crippen molar-refractivity contribution in [2.24, 2.45) is 17.9 Å². The van der Waals surface area contributed by atoms with Crippen LogP contribution in [0.3, 0.4) is 0 Å². The molecule has 0 bridgehead atoms. The molecular formula is C12H13N5O3. The molecular weight excluding hydrogens is 262 g/mol. The Bertz CT molecular complexity index is 677. The zero-order chi connectivity index (χ0) is 14.7. The van der Waals surface area contributed by atoms with E-state index in [2.05, 4.69) is 15.6 Å². The molecule has 0 aliphatic carbocycles. The van der Waals surface area contributed by atoms with E-state index >= 15 is 0 Å². The number of carbonyl (C=O) groups excluding carboxylic acids is 1. The summed E-state index contributed by atoms with van der Waals surface area (Å²) in [6.45, 7) is 0. The summed E-state index contributed by atoms with van der Waals surface area (Å²) in [6, 6.07) is 6.12. The van der Waals surface area contributed by atoms with Gasteiger partial charge in [-0.25, -0.2) is 0 Å². The van der Waals surface area contributed by atoms with E-state index in [-0.39, 0.29) is 28.5 Å². The van der Waals surface area contributed by atoms with Gasteiger partial charge in [0.1, 0.15) is 11.6 Å². The van der Waals surface area contributed by atoms with Gasteiger partial charge in [0.25, 0.3) is 5.91 Å². The summed E-state index contributed by atoms with van der Waals surface area (Å²) in [5, 5.41) is 27.7. The Balaban J connectivity index is 2.34. The van der Waals surface area contributed by atoms with Crippen molar-refractivity contribution in [2.75, 3.05) is 5.32 Å². The van der Waals surface area contributed by atoms with Crippen molar-refractivity contribution in [1.29, 1.82) is 0 Å². The SMILES string of the molecule is Cn1ncc(C(N)=NO)c1NC(=O)c1ccccc1O. The molecule has 0 fully saturated rings. The predicted molar refractivity (Wildman–Crippen MR) is 71.8 cm³/mol. The van der Waals surface area contributed by atoms with E-state index in [0.717, 1.165) is 0 Å². The number of rotatable bonds is 3. The number of phenolic OH excluding ortho intramolecular Hbond substituents is 1. The maximum Gasteiger partial charge on any atom is 0.260 e. The van der Waals surface area contributed by atoms with Gasteiger partial charge in [0.15, 0.2) is 5.84 Å². The Morgan fingerprint density at radius 1 is 1.40 bits per heavy atom. The third-order valence-corrected chi connectivity index (χ3v) is 2.70. The van der Waals surface area contributed by atoms with Crippen LogP contribution in [0.15, 0.2) is 35.6 Å². The second-order valence-corrected chi connectivity index (χ2v) is 3.99. The highest BCUT2D eigenvalue weighted by atomic mass is 16.4. The number of phenols is 1. The quantitative estimate of drug-likeness (QED) is 0.280. The van der Waals surface area contributed by atoms with Gasteiger partial charge in [-0.1, -0.05) is 17.3 Å². The lowest BCUT2D eigenvalue weighted by Crippen LogP contribution is -2.20. The van der Waals surface area contributed by atoms with Crippen LogP contribution in [-0.4, -0.2) is 31.8 Å². The van der Waals surface area contributed by atoms with Gasteiger partial charge >= 0.3 is 0 Å². The minimum Gasteiger partial charge on any atom is -0.507 e. The van der Waals surface area contributed by atoms with E-state index in [0.29, 0.717) is 0 Å². The lowest BCUT2D eigenvalue weighted by molar-refractivity contribution is 0.102. The maximum atomic E-state index is 12.1. The number of oxime groups is 1. The van der Waals surface area contributed by atoms with Crippen molar-refractivity contribution in [3.05, 3.63) is 41.6 Å². The van der Waals surface area contributed by atoms with Crippen molar-refractivity contribution in [1.82, 2.24) is 9.78 Å². The van der Waals surface area contributed by atoms with E-state index in [1.165, 1.54) is 23.0 Å². The highest BCUT2D eigenvalue weighted by Crippen LogP contribution is 2.19. The van der Waals surface area contributed by atoms with E-state index in [1.807, 2.05) is 0 Å². The maximum absolute atomic E-state index is 12.1. The molecule has 20 heavy (non-hydrogen) atoms. The number of amidine groups is 1. The van der Waals surface area contributed by atoms with Gasteiger partial charge in [-0.05, 0) is 12.1 Å². The number of amides is 1. The molecule has 0 saturated heterocycles. The van der Waals surface area contributed by atoms with Crippen molar-refractivity contribution >= 4 is 17.6 Å². The molecule has 1 aromatic heterocycles. The van der Waals surface area contributed by atoms with E-state index in [1.54, 1.807) is 19.2 Å². The molecule has 1 aromatic carbocycles. The molecule has 0 spiro atoms. The summed E-state index contributed by atoms with van der Waals surface area (Å²) in [5.41, 5.74) is 5.89. The summed E-state index contributed by atoms with van der Waals surface area (Å²) in [5.74, 6) is -0.588. The molecule has 5 N–H and O–H groups in total. The third-order valence-electron chi connectivity index (χ3n) is 2.70. The molecule has 0 saturated carbocycles. The number of carbonyl (C=O) groups is 1. The number of para-hydroxylation sites is 1. The zero-order valence-corrected chi connectivity index (χ0v) is 10.6. The van der Waals surface area contributed by atoms with Crippen molar-refractivity contribution in [3.8, 4) is 5.75 Å². The first-order valence-corrected chi connectivity index (χ1v) is 5.64. The van der Waals surface area contributed by atoms with Gasteiger partial charge in [0, 0.05) is 7.05 Å². The molecule has 1 heterocycles. The molecule has 8 heteroatoms. The van der Waals surface area contributed by atoms with Crippen LogP contribution < -0.4 is 11.1 Å². The second kappa shape index (κ2) is 5.31. The number of hydrogen-bond donors (Lipinski definition) is 4. The number of nitrogens with two attached hydrogens (primary N) is 1. The summed E-state index contributed by atoms with van der Waals surface area (Å²) in [7, 11) is 1.59. The summed E-state index contributed by atoms with van der Waals surface area (Å²) >= 11 is 0. The van der Waals surface area contributed by atoms with Gasteiger partial charge in [0.2, 0.25) is 0 Å². The average Bonchev–Trinajstić information content (AvgIpc) is 2.80. The Labute approximate surface area is 114 Å². The molecule has 2 aromatic rings. The van der Waals surface area contributed by atoms with Crippen LogP contribution in [0.2, 0.25) is 0 Å². The highest BCUT2D eigenvalue weighted by molar-refractivity contribution is 6.10. The van der Waals surface area contributed by atoms with Crippen LogP contribution in [-0.2, 0) is 7.05 Å². The number of nitrogens with one attached hydrogen (secondary N) is 1. The Kier molecular flexibility index (Phi) is 3.56. The molecule has 8 nitrogen and oxygen atoms in total. The van der Waals surface area contributed by atoms with Crippen molar-refractivity contribution < 1.29 is 15.1 Å². The number of nitrogens with zero attached hydrogens (tertiary/aromatic N) is 3. The number of hydrogen-bond acceptors (Lipinski definition) is 5. The Hall–Kier alpha value is -3.03. The standard InChI is InChI=1S/C12H13N5O3/c1-17-11(8(6-14-17)10(13)16-20)15-12(19)7-4-2-3-5-9(7)18/h2-6,18,20H,1H3,(H2,13,16)(H,15,19). The molecule has 0 unspecified atom stereocenters. The number of aromatic hydroxyl groups is 1. The first kappa shape index (κ1) is 13.4. The van der Waals surface area contributed by atoms with Crippen LogP contribution in [0.25, 0.3) is 0 Å². The third kappa shape index (κ3) is 2.39. The summed E-state index contributed by atoms with van der Waals surface area (Å²) < 4.78 is 1.37. The minimum atomic E-state index is -0.529. The van der Waals surface area contributed by atoms with E-state index in [4.69, 9.17) is 10.9 Å². The van der Waals surface area contributed by atoms with Crippen LogP contribution in [0.5, 0.6) is 5.75 Å². The molecule has 0 aliphatic heterocycles. The summed E-state index contributed by atoms with van der Waals surface area (Å²) in [6.07, 6.45) is 1.36. The smallest absolute Gasteiger partial charge is 0.260 e. The van der Waals surface area contributed by atoms with Crippen molar-refractivity contribution in [2.45, 2.75) is 0 Å². The fraction of sp³-hybridized carbons (Fsp3) is 0.0833. The van der Waals surface area contributed by atoms with E-state index in [9.17, 15) is 9.90 Å². The fourth-order valence-corrected chi connectivity index (χ4v) is 1.67. The van der Waals surface area contributed by atoms with Gasteiger partial charge in [-0.3, -0.25) is 9.48 Å². The molecule has 2 rings (SSSR count). The van der Waals surface area contributed by atoms with Crippen molar-refractivity contribution in [3.63, 3.8) is 0 Å². The monoisotopic (exact) mass is 275 g/mol. The zero-order valence-electron chi connectivity index (χ0n) is 10.6. The van der Waals surface area contributed by atoms with Crippen LogP contribution in [0.4, 0.5) is 5.82 Å². The number of aryl methyl sites for hydroxylation is 1. The Morgan fingerprint density at radius 3 is 2.75 bits per heavy atom. The molecule has 0 atom stereocenters. The first-order chi connectivity index (χ1) is 9.54. The first-order valence-electron chi connectivity index (χ1n) is 5.64.